The highest BCUT2D eigenvalue weighted by molar-refractivity contribution is 5.08. The lowest BCUT2D eigenvalue weighted by Crippen LogP contribution is -2.42. The quantitative estimate of drug-likeness (QED) is 0.823. The molecule has 3 heteroatoms. The lowest BCUT2D eigenvalue weighted by molar-refractivity contribution is 0.240. The maximum absolute atomic E-state index is 4.30. The highest BCUT2D eigenvalue weighted by Crippen LogP contribution is 2.26. The van der Waals surface area contributed by atoms with Crippen molar-refractivity contribution in [1.29, 1.82) is 0 Å². The van der Waals surface area contributed by atoms with Gasteiger partial charge in [0.05, 0.1) is 12.0 Å². The first-order valence-electron chi connectivity index (χ1n) is 5.93. The summed E-state index contributed by atoms with van der Waals surface area (Å²) in [5.74, 6) is 0. The van der Waals surface area contributed by atoms with E-state index in [0.717, 1.165) is 24.4 Å². The number of hydrogen-bond acceptors (Lipinski definition) is 2. The molecule has 1 aromatic heterocycles. The number of rotatable bonds is 4. The zero-order valence-electron chi connectivity index (χ0n) is 11.4. The minimum absolute atomic E-state index is 0.143. The van der Waals surface area contributed by atoms with Crippen LogP contribution in [0, 0.1) is 12.3 Å². The normalized spacial score (nSPS) is 13.1. The van der Waals surface area contributed by atoms with Crippen molar-refractivity contribution >= 4 is 0 Å². The van der Waals surface area contributed by atoms with Crippen molar-refractivity contribution in [3.8, 4) is 0 Å². The first-order valence-corrected chi connectivity index (χ1v) is 5.93. The lowest BCUT2D eigenvalue weighted by atomic mass is 9.82. The molecule has 0 aromatic carbocycles. The van der Waals surface area contributed by atoms with Crippen LogP contribution in [0.3, 0.4) is 0 Å². The molecule has 0 saturated carbocycles. The van der Waals surface area contributed by atoms with Crippen molar-refractivity contribution in [3.05, 3.63) is 17.7 Å². The number of imidazole rings is 1. The average Bonchev–Trinajstić information content (AvgIpc) is 2.43. The van der Waals surface area contributed by atoms with Gasteiger partial charge in [-0.2, -0.15) is 0 Å². The second-order valence-electron chi connectivity index (χ2n) is 6.45. The second kappa shape index (κ2) is 4.58. The van der Waals surface area contributed by atoms with E-state index >= 15 is 0 Å². The topological polar surface area (TPSA) is 40.7 Å². The largest absolute Gasteiger partial charge is 0.348 e. The van der Waals surface area contributed by atoms with E-state index in [-0.39, 0.29) is 5.54 Å². The van der Waals surface area contributed by atoms with Crippen LogP contribution in [0.25, 0.3) is 0 Å². The number of aromatic nitrogens is 2. The van der Waals surface area contributed by atoms with E-state index in [1.807, 2.05) is 0 Å². The van der Waals surface area contributed by atoms with E-state index in [0.29, 0.717) is 5.41 Å². The molecule has 0 bridgehead atoms. The molecule has 0 radical (unpaired) electrons. The van der Waals surface area contributed by atoms with E-state index in [2.05, 4.69) is 56.8 Å². The maximum Gasteiger partial charge on any atom is 0.0925 e. The van der Waals surface area contributed by atoms with Crippen molar-refractivity contribution in [3.63, 3.8) is 0 Å². The van der Waals surface area contributed by atoms with Gasteiger partial charge in [0.2, 0.25) is 0 Å². The van der Waals surface area contributed by atoms with Crippen LogP contribution < -0.4 is 5.32 Å². The summed E-state index contributed by atoms with van der Waals surface area (Å²) in [6.45, 7) is 14.2. The molecule has 0 saturated heterocycles. The maximum atomic E-state index is 4.30. The SMILES string of the molecule is Cc1[nH]cnc1CNC(C)(C)CC(C)(C)C. The van der Waals surface area contributed by atoms with Gasteiger partial charge in [-0.05, 0) is 32.6 Å². The number of aromatic amines is 1. The molecule has 1 rings (SSSR count). The summed E-state index contributed by atoms with van der Waals surface area (Å²) in [6.07, 6.45) is 2.90. The van der Waals surface area contributed by atoms with Crippen molar-refractivity contribution in [2.75, 3.05) is 0 Å². The monoisotopic (exact) mass is 223 g/mol. The van der Waals surface area contributed by atoms with Gasteiger partial charge < -0.3 is 10.3 Å². The third-order valence-corrected chi connectivity index (χ3v) is 2.64. The van der Waals surface area contributed by atoms with Gasteiger partial charge in [0.25, 0.3) is 0 Å². The third kappa shape index (κ3) is 4.35. The Hall–Kier alpha value is -0.830. The molecule has 1 heterocycles. The smallest absolute Gasteiger partial charge is 0.0925 e. The Kier molecular flexibility index (Phi) is 3.79. The summed E-state index contributed by atoms with van der Waals surface area (Å²) in [6, 6.07) is 0. The van der Waals surface area contributed by atoms with Crippen molar-refractivity contribution in [2.24, 2.45) is 5.41 Å². The molecule has 16 heavy (non-hydrogen) atoms. The van der Waals surface area contributed by atoms with Crippen LogP contribution in [0.1, 0.15) is 52.4 Å². The van der Waals surface area contributed by atoms with Gasteiger partial charge in [0.15, 0.2) is 0 Å². The summed E-state index contributed by atoms with van der Waals surface area (Å²) in [4.78, 5) is 7.40. The molecule has 0 aliphatic rings. The van der Waals surface area contributed by atoms with Gasteiger partial charge >= 0.3 is 0 Å². The molecule has 92 valence electrons. The first-order chi connectivity index (χ1) is 7.20. The fraction of sp³-hybridized carbons (Fsp3) is 0.769. The summed E-state index contributed by atoms with van der Waals surface area (Å²) in [7, 11) is 0. The molecule has 0 aliphatic heterocycles. The molecular formula is C13H25N3. The molecular weight excluding hydrogens is 198 g/mol. The zero-order valence-corrected chi connectivity index (χ0v) is 11.4. The Morgan fingerprint density at radius 3 is 2.31 bits per heavy atom. The number of nitrogens with zero attached hydrogens (tertiary/aromatic N) is 1. The van der Waals surface area contributed by atoms with Gasteiger partial charge in [-0.25, -0.2) is 4.98 Å². The van der Waals surface area contributed by atoms with Crippen molar-refractivity contribution in [1.82, 2.24) is 15.3 Å². The molecule has 2 N–H and O–H groups in total. The molecule has 1 aromatic rings. The van der Waals surface area contributed by atoms with Crippen molar-refractivity contribution in [2.45, 2.75) is 60.0 Å². The molecule has 3 nitrogen and oxygen atoms in total. The fourth-order valence-corrected chi connectivity index (χ4v) is 2.28. The average molecular weight is 223 g/mol. The van der Waals surface area contributed by atoms with Crippen LogP contribution in [-0.2, 0) is 6.54 Å². The van der Waals surface area contributed by atoms with Crippen LogP contribution in [0.2, 0.25) is 0 Å². The van der Waals surface area contributed by atoms with E-state index in [9.17, 15) is 0 Å². The van der Waals surface area contributed by atoms with Crippen LogP contribution in [-0.4, -0.2) is 15.5 Å². The second-order valence-corrected chi connectivity index (χ2v) is 6.45. The molecule has 0 amide bonds. The summed E-state index contributed by atoms with van der Waals surface area (Å²) >= 11 is 0. The van der Waals surface area contributed by atoms with Crippen LogP contribution in [0.4, 0.5) is 0 Å². The number of hydrogen-bond donors (Lipinski definition) is 2. The number of H-pyrrole nitrogens is 1. The Bertz CT molecular complexity index is 331. The highest BCUT2D eigenvalue weighted by Gasteiger charge is 2.24. The summed E-state index contributed by atoms with van der Waals surface area (Å²) < 4.78 is 0. The Morgan fingerprint density at radius 2 is 1.88 bits per heavy atom. The van der Waals surface area contributed by atoms with Gasteiger partial charge in [-0.1, -0.05) is 20.8 Å². The molecule has 0 fully saturated rings. The zero-order chi connectivity index (χ0) is 12.4. The van der Waals surface area contributed by atoms with E-state index in [1.165, 1.54) is 0 Å². The van der Waals surface area contributed by atoms with Gasteiger partial charge in [0, 0.05) is 17.8 Å². The van der Waals surface area contributed by atoms with E-state index in [1.54, 1.807) is 6.33 Å². The first kappa shape index (κ1) is 13.2. The molecule has 0 unspecified atom stereocenters. The summed E-state index contributed by atoms with van der Waals surface area (Å²) in [5, 5.41) is 3.58. The number of aryl methyl sites for hydroxylation is 1. The van der Waals surface area contributed by atoms with Gasteiger partial charge in [0.1, 0.15) is 0 Å². The predicted octanol–water partition coefficient (Wildman–Crippen LogP) is 3.02. The minimum Gasteiger partial charge on any atom is -0.348 e. The molecule has 0 aliphatic carbocycles. The van der Waals surface area contributed by atoms with Crippen LogP contribution in [0.15, 0.2) is 6.33 Å². The highest BCUT2D eigenvalue weighted by atomic mass is 15.0. The lowest BCUT2D eigenvalue weighted by Gasteiger charge is -2.33. The summed E-state index contributed by atoms with van der Waals surface area (Å²) in [5.41, 5.74) is 2.75. The Balaban J connectivity index is 2.51. The van der Waals surface area contributed by atoms with E-state index in [4.69, 9.17) is 0 Å². The number of nitrogens with one attached hydrogen (secondary N) is 2. The molecule has 0 atom stereocenters. The predicted molar refractivity (Wildman–Crippen MR) is 68.3 cm³/mol. The van der Waals surface area contributed by atoms with Gasteiger partial charge in [-0.15, -0.1) is 0 Å². The minimum atomic E-state index is 0.143. The Labute approximate surface area is 99.1 Å². The fourth-order valence-electron chi connectivity index (χ4n) is 2.28. The van der Waals surface area contributed by atoms with E-state index < -0.39 is 0 Å². The molecule has 0 spiro atoms. The third-order valence-electron chi connectivity index (χ3n) is 2.64. The van der Waals surface area contributed by atoms with Crippen LogP contribution in [0.5, 0.6) is 0 Å². The van der Waals surface area contributed by atoms with Crippen molar-refractivity contribution < 1.29 is 0 Å². The Morgan fingerprint density at radius 1 is 1.25 bits per heavy atom. The standard InChI is InChI=1S/C13H25N3/c1-10-11(15-9-14-10)7-16-13(5,6)8-12(2,3)4/h9,16H,7-8H2,1-6H3,(H,14,15). The van der Waals surface area contributed by atoms with Gasteiger partial charge in [-0.3, -0.25) is 0 Å². The van der Waals surface area contributed by atoms with Crippen LogP contribution >= 0.6 is 0 Å².